The highest BCUT2D eigenvalue weighted by Gasteiger charge is 2.10. The number of hydrogen-bond acceptors (Lipinski definition) is 4. The number of carbonyl (C=O) groups excluding carboxylic acids is 2. The van der Waals surface area contributed by atoms with Gasteiger partial charge in [-0.2, -0.15) is 0 Å². The smallest absolute Gasteiger partial charge is 0.251 e. The van der Waals surface area contributed by atoms with Gasteiger partial charge in [0.25, 0.3) is 5.91 Å². The second-order valence-corrected chi connectivity index (χ2v) is 6.65. The van der Waals surface area contributed by atoms with Gasteiger partial charge in [-0.25, -0.2) is 0 Å². The quantitative estimate of drug-likeness (QED) is 0.377. The lowest BCUT2D eigenvalue weighted by atomic mass is 10.1. The van der Waals surface area contributed by atoms with Crippen molar-refractivity contribution in [2.75, 3.05) is 24.2 Å². The number of hydrogen-bond donors (Lipinski definition) is 3. The molecule has 27 heavy (non-hydrogen) atoms. The maximum atomic E-state index is 12.4. The lowest BCUT2D eigenvalue weighted by Gasteiger charge is -2.13. The Bertz CT molecular complexity index is 991. The summed E-state index contributed by atoms with van der Waals surface area (Å²) < 4.78 is 0.774. The van der Waals surface area contributed by atoms with E-state index in [2.05, 4.69) is 43.5 Å². The van der Waals surface area contributed by atoms with Crippen LogP contribution in [0.4, 0.5) is 11.4 Å². The van der Waals surface area contributed by atoms with Gasteiger partial charge in [-0.3, -0.25) is 14.6 Å². The van der Waals surface area contributed by atoms with Crippen LogP contribution in [-0.2, 0) is 9.22 Å². The zero-order valence-electron chi connectivity index (χ0n) is 14.8. The molecule has 0 bridgehead atoms. The van der Waals surface area contributed by atoms with E-state index in [1.807, 2.05) is 30.5 Å². The molecule has 0 saturated carbocycles. The van der Waals surface area contributed by atoms with Crippen molar-refractivity contribution in [1.29, 1.82) is 0 Å². The predicted molar refractivity (Wildman–Crippen MR) is 116 cm³/mol. The van der Waals surface area contributed by atoms with Crippen LogP contribution in [0.5, 0.6) is 0 Å². The van der Waals surface area contributed by atoms with Crippen LogP contribution in [0, 0.1) is 0 Å². The molecule has 6 nitrogen and oxygen atoms in total. The number of benzene rings is 2. The van der Waals surface area contributed by atoms with Gasteiger partial charge in [-0.05, 0) is 41.3 Å². The molecule has 0 aliphatic rings. The third-order valence-electron chi connectivity index (χ3n) is 4.14. The fourth-order valence-electron chi connectivity index (χ4n) is 2.79. The molecule has 1 aromatic heterocycles. The Morgan fingerprint density at radius 3 is 2.78 bits per heavy atom. The summed E-state index contributed by atoms with van der Waals surface area (Å²) in [4.78, 5) is 28.2. The Morgan fingerprint density at radius 1 is 1.15 bits per heavy atom. The van der Waals surface area contributed by atoms with Crippen LogP contribution >= 0.6 is 22.6 Å². The number of aromatic nitrogens is 1. The molecular formula is C20H19IN4O2. The minimum Gasteiger partial charge on any atom is -0.376 e. The van der Waals surface area contributed by atoms with Crippen LogP contribution in [-0.4, -0.2) is 30.4 Å². The van der Waals surface area contributed by atoms with Crippen molar-refractivity contribution in [3.05, 3.63) is 66.0 Å². The summed E-state index contributed by atoms with van der Waals surface area (Å²) in [6, 6.07) is 12.8. The highest BCUT2D eigenvalue weighted by molar-refractivity contribution is 14.1. The number of anilines is 2. The zero-order chi connectivity index (χ0) is 19.2. The summed E-state index contributed by atoms with van der Waals surface area (Å²) in [5.74, 6) is -0.319. The van der Waals surface area contributed by atoms with Gasteiger partial charge in [0.15, 0.2) is 0 Å². The third kappa shape index (κ3) is 4.54. The van der Waals surface area contributed by atoms with Gasteiger partial charge in [-0.15, -0.1) is 0 Å². The molecule has 0 atom stereocenters. The van der Waals surface area contributed by atoms with E-state index in [4.69, 9.17) is 0 Å². The molecule has 3 aromatic rings. The van der Waals surface area contributed by atoms with Gasteiger partial charge >= 0.3 is 0 Å². The lowest BCUT2D eigenvalue weighted by Crippen LogP contribution is -2.23. The van der Waals surface area contributed by atoms with Crippen LogP contribution in [0.3, 0.4) is 0 Å². The van der Waals surface area contributed by atoms with E-state index in [0.29, 0.717) is 11.3 Å². The molecule has 2 aromatic carbocycles. The number of nitrogens with zero attached hydrogens (tertiary/aromatic N) is 1. The molecule has 0 aliphatic heterocycles. The van der Waals surface area contributed by atoms with E-state index in [1.165, 1.54) is 0 Å². The number of rotatable bonds is 6. The normalized spacial score (nSPS) is 10.4. The molecule has 1 heterocycles. The average molecular weight is 474 g/mol. The van der Waals surface area contributed by atoms with E-state index >= 15 is 0 Å². The Hall–Kier alpha value is -2.68. The second kappa shape index (κ2) is 8.81. The van der Waals surface area contributed by atoms with Crippen molar-refractivity contribution < 1.29 is 9.59 Å². The molecule has 3 N–H and O–H groups in total. The SMILES string of the molecule is CNC(=O)c1cccc(NCC(=O)Nc2ccc3cnccc3c2CI)c1. The van der Waals surface area contributed by atoms with Gasteiger partial charge in [0.1, 0.15) is 0 Å². The third-order valence-corrected chi connectivity index (χ3v) is 4.91. The fraction of sp³-hybridized carbons (Fsp3) is 0.150. The van der Waals surface area contributed by atoms with Crippen molar-refractivity contribution >= 4 is 56.6 Å². The molecule has 0 fully saturated rings. The summed E-state index contributed by atoms with van der Waals surface area (Å²) in [5, 5.41) is 10.7. The monoisotopic (exact) mass is 474 g/mol. The van der Waals surface area contributed by atoms with Crippen molar-refractivity contribution in [1.82, 2.24) is 10.3 Å². The van der Waals surface area contributed by atoms with Crippen LogP contribution in [0.1, 0.15) is 15.9 Å². The first-order valence-corrected chi connectivity index (χ1v) is 9.92. The molecule has 0 unspecified atom stereocenters. The van der Waals surface area contributed by atoms with E-state index in [9.17, 15) is 9.59 Å². The van der Waals surface area contributed by atoms with E-state index in [0.717, 1.165) is 26.5 Å². The van der Waals surface area contributed by atoms with E-state index < -0.39 is 0 Å². The van der Waals surface area contributed by atoms with Crippen LogP contribution in [0.25, 0.3) is 10.8 Å². The molecule has 0 aliphatic carbocycles. The fourth-order valence-corrected chi connectivity index (χ4v) is 3.61. The Morgan fingerprint density at radius 2 is 2.00 bits per heavy atom. The first-order valence-electron chi connectivity index (χ1n) is 8.40. The number of fused-ring (bicyclic) bond motifs is 1. The molecule has 7 heteroatoms. The molecule has 2 amide bonds. The minimum absolute atomic E-state index is 0.103. The minimum atomic E-state index is -0.166. The first kappa shape index (κ1) is 19.1. The molecular weight excluding hydrogens is 455 g/mol. The van der Waals surface area contributed by atoms with Gasteiger partial charge in [0, 0.05) is 46.2 Å². The van der Waals surface area contributed by atoms with Crippen LogP contribution < -0.4 is 16.0 Å². The topological polar surface area (TPSA) is 83.1 Å². The number of amides is 2. The maximum Gasteiger partial charge on any atom is 0.251 e. The van der Waals surface area contributed by atoms with Gasteiger partial charge < -0.3 is 16.0 Å². The largest absolute Gasteiger partial charge is 0.376 e. The number of pyridine rings is 1. The lowest BCUT2D eigenvalue weighted by molar-refractivity contribution is -0.114. The van der Waals surface area contributed by atoms with Gasteiger partial charge in [-0.1, -0.05) is 34.7 Å². The first-order chi connectivity index (χ1) is 13.1. The number of carbonyl (C=O) groups is 2. The summed E-state index contributed by atoms with van der Waals surface area (Å²) in [6.07, 6.45) is 3.57. The Labute approximate surface area is 170 Å². The molecule has 0 spiro atoms. The standard InChI is InChI=1S/C20H19IN4O2/c1-22-20(27)13-3-2-4-15(9-13)24-12-19(26)25-18-6-5-14-11-23-8-7-16(14)17(18)10-21/h2-9,11,24H,10,12H2,1H3,(H,22,27)(H,25,26). The number of halogens is 1. The molecule has 0 radical (unpaired) electrons. The maximum absolute atomic E-state index is 12.4. The average Bonchev–Trinajstić information content (AvgIpc) is 2.71. The number of nitrogens with one attached hydrogen (secondary N) is 3. The number of alkyl halides is 1. The Balaban J connectivity index is 1.70. The molecule has 0 saturated heterocycles. The highest BCUT2D eigenvalue weighted by Crippen LogP contribution is 2.28. The van der Waals surface area contributed by atoms with Crippen LogP contribution in [0.15, 0.2) is 54.9 Å². The predicted octanol–water partition coefficient (Wildman–Crippen LogP) is 3.58. The van der Waals surface area contributed by atoms with Gasteiger partial charge in [0.2, 0.25) is 5.91 Å². The molecule has 3 rings (SSSR count). The van der Waals surface area contributed by atoms with E-state index in [-0.39, 0.29) is 18.4 Å². The molecule has 138 valence electrons. The van der Waals surface area contributed by atoms with Crippen molar-refractivity contribution in [3.63, 3.8) is 0 Å². The Kier molecular flexibility index (Phi) is 6.23. The summed E-state index contributed by atoms with van der Waals surface area (Å²) in [7, 11) is 1.58. The summed E-state index contributed by atoms with van der Waals surface area (Å²) >= 11 is 2.29. The summed E-state index contributed by atoms with van der Waals surface area (Å²) in [6.45, 7) is 0.103. The zero-order valence-corrected chi connectivity index (χ0v) is 16.9. The van der Waals surface area contributed by atoms with Crippen LogP contribution in [0.2, 0.25) is 0 Å². The van der Waals surface area contributed by atoms with Crippen molar-refractivity contribution in [2.24, 2.45) is 0 Å². The van der Waals surface area contributed by atoms with Crippen molar-refractivity contribution in [2.45, 2.75) is 4.43 Å². The second-order valence-electron chi connectivity index (χ2n) is 5.88. The van der Waals surface area contributed by atoms with Gasteiger partial charge in [0.05, 0.1) is 6.54 Å². The summed E-state index contributed by atoms with van der Waals surface area (Å²) in [5.41, 5.74) is 3.13. The van der Waals surface area contributed by atoms with E-state index in [1.54, 1.807) is 31.4 Å². The van der Waals surface area contributed by atoms with Crippen molar-refractivity contribution in [3.8, 4) is 0 Å². The highest BCUT2D eigenvalue weighted by atomic mass is 127.